The van der Waals surface area contributed by atoms with Crippen molar-refractivity contribution in [3.63, 3.8) is 0 Å². The van der Waals surface area contributed by atoms with Crippen LogP contribution in [0.5, 0.6) is 0 Å². The molecule has 1 heterocycles. The van der Waals surface area contributed by atoms with Crippen molar-refractivity contribution in [1.82, 2.24) is 10.0 Å². The summed E-state index contributed by atoms with van der Waals surface area (Å²) in [4.78, 5) is 11.1. The highest BCUT2D eigenvalue weighted by Gasteiger charge is 2.17. The molecule has 0 atom stereocenters. The van der Waals surface area contributed by atoms with E-state index in [-0.39, 0.29) is 13.0 Å². The van der Waals surface area contributed by atoms with Crippen LogP contribution in [0.25, 0.3) is 22.0 Å². The number of hydrogen-bond acceptors (Lipinski definition) is 4. The van der Waals surface area contributed by atoms with Crippen molar-refractivity contribution >= 4 is 32.5 Å². The Hall–Kier alpha value is -2.84. The molecule has 0 radical (unpaired) electrons. The van der Waals surface area contributed by atoms with Gasteiger partial charge in [0.1, 0.15) is 0 Å². The maximum Gasteiger partial charge on any atom is 0.243 e. The summed E-state index contributed by atoms with van der Waals surface area (Å²) in [7, 11) is -1.45. The quantitative estimate of drug-likeness (QED) is 0.335. The molecular weight excluding hydrogens is 390 g/mol. The minimum Gasteiger partial charge on any atom is -0.351 e. The molecule has 8 heteroatoms. The minimum atomic E-state index is -3.45. The van der Waals surface area contributed by atoms with Gasteiger partial charge < -0.3 is 4.57 Å². The molecule has 0 aliphatic rings. The van der Waals surface area contributed by atoms with Gasteiger partial charge in [0.2, 0.25) is 15.9 Å². The first kappa shape index (κ1) is 20.9. The highest BCUT2D eigenvalue weighted by atomic mass is 32.2. The number of aryl methyl sites for hydroxylation is 1. The van der Waals surface area contributed by atoms with Crippen LogP contribution in [0, 0.1) is 0 Å². The van der Waals surface area contributed by atoms with E-state index in [4.69, 9.17) is 5.21 Å². The zero-order valence-electron chi connectivity index (χ0n) is 16.5. The average molecular weight is 416 g/mol. The Morgan fingerprint density at radius 2 is 1.76 bits per heavy atom. The summed E-state index contributed by atoms with van der Waals surface area (Å²) in [5.41, 5.74) is 5.37. The largest absolute Gasteiger partial charge is 0.351 e. The number of unbranched alkanes of at least 4 members (excludes halogenated alkanes) is 1. The lowest BCUT2D eigenvalue weighted by Gasteiger charge is -2.22. The van der Waals surface area contributed by atoms with E-state index in [1.165, 1.54) is 15.9 Å². The van der Waals surface area contributed by atoms with Gasteiger partial charge >= 0.3 is 0 Å². The third-order valence-electron chi connectivity index (χ3n) is 4.92. The molecule has 2 aromatic carbocycles. The van der Waals surface area contributed by atoms with Gasteiger partial charge in [-0.05, 0) is 53.6 Å². The van der Waals surface area contributed by atoms with Crippen LogP contribution in [0.3, 0.4) is 0 Å². The van der Waals surface area contributed by atoms with Gasteiger partial charge in [0.05, 0.1) is 11.9 Å². The van der Waals surface area contributed by atoms with Gasteiger partial charge in [-0.3, -0.25) is 14.3 Å². The van der Waals surface area contributed by atoms with Crippen molar-refractivity contribution in [1.29, 1.82) is 0 Å². The van der Waals surface area contributed by atoms with Crippen LogP contribution in [0.1, 0.15) is 19.3 Å². The van der Waals surface area contributed by atoms with Crippen LogP contribution >= 0.6 is 0 Å². The Labute approximate surface area is 170 Å². The standard InChI is InChI=1S/C21H25N3O4S/c1-23-14-12-17-6-7-18(15-20(17)23)16-8-10-19(11-9-16)24(29(2,27)28)13-4-3-5-21(25)22-26/h6-12,14-15,26H,3-5,13H2,1-2H3,(H,22,25). The monoisotopic (exact) mass is 415 g/mol. The van der Waals surface area contributed by atoms with E-state index in [0.29, 0.717) is 18.5 Å². The first-order valence-electron chi connectivity index (χ1n) is 9.36. The molecule has 3 rings (SSSR count). The van der Waals surface area contributed by atoms with Gasteiger partial charge in [0.25, 0.3) is 0 Å². The number of carbonyl (C=O) groups excluding carboxylic acids is 1. The van der Waals surface area contributed by atoms with Crippen molar-refractivity contribution in [2.75, 3.05) is 17.1 Å². The first-order valence-corrected chi connectivity index (χ1v) is 11.2. The second kappa shape index (κ2) is 8.67. The zero-order chi connectivity index (χ0) is 21.0. The molecule has 0 spiro atoms. The molecule has 0 bridgehead atoms. The second-order valence-corrected chi connectivity index (χ2v) is 8.98. The summed E-state index contributed by atoms with van der Waals surface area (Å²) >= 11 is 0. The molecule has 154 valence electrons. The number of aromatic nitrogens is 1. The van der Waals surface area contributed by atoms with Gasteiger partial charge in [-0.15, -0.1) is 0 Å². The van der Waals surface area contributed by atoms with Crippen LogP contribution in [0.2, 0.25) is 0 Å². The molecule has 0 fully saturated rings. The fourth-order valence-electron chi connectivity index (χ4n) is 3.35. The fraction of sp³-hybridized carbons (Fsp3) is 0.286. The average Bonchev–Trinajstić information content (AvgIpc) is 3.07. The van der Waals surface area contributed by atoms with Crippen LogP contribution in [-0.2, 0) is 21.9 Å². The maximum absolute atomic E-state index is 12.2. The van der Waals surface area contributed by atoms with E-state index in [1.807, 2.05) is 25.4 Å². The van der Waals surface area contributed by atoms with E-state index in [1.54, 1.807) is 17.6 Å². The third-order valence-corrected chi connectivity index (χ3v) is 6.11. The summed E-state index contributed by atoms with van der Waals surface area (Å²) < 4.78 is 27.9. The van der Waals surface area contributed by atoms with E-state index >= 15 is 0 Å². The Morgan fingerprint density at radius 1 is 1.07 bits per heavy atom. The molecule has 3 aromatic rings. The smallest absolute Gasteiger partial charge is 0.243 e. The summed E-state index contributed by atoms with van der Waals surface area (Å²) in [5, 5.41) is 9.70. The van der Waals surface area contributed by atoms with Crippen molar-refractivity contribution in [2.24, 2.45) is 7.05 Å². The van der Waals surface area contributed by atoms with E-state index in [0.717, 1.165) is 16.6 Å². The summed E-state index contributed by atoms with van der Waals surface area (Å²) in [5.74, 6) is -0.476. The van der Waals surface area contributed by atoms with Crippen molar-refractivity contribution in [2.45, 2.75) is 19.3 Å². The lowest BCUT2D eigenvalue weighted by Crippen LogP contribution is -2.31. The van der Waals surface area contributed by atoms with Crippen molar-refractivity contribution in [3.05, 3.63) is 54.7 Å². The Balaban J connectivity index is 1.77. The number of hydroxylamine groups is 1. The maximum atomic E-state index is 12.2. The predicted octanol–water partition coefficient (Wildman–Crippen LogP) is 3.29. The number of sulfonamides is 1. The molecule has 2 N–H and O–H groups in total. The van der Waals surface area contributed by atoms with Crippen molar-refractivity contribution < 1.29 is 18.4 Å². The van der Waals surface area contributed by atoms with Crippen molar-refractivity contribution in [3.8, 4) is 11.1 Å². The molecule has 0 saturated heterocycles. The number of amides is 1. The highest BCUT2D eigenvalue weighted by molar-refractivity contribution is 7.92. The number of anilines is 1. The number of hydrogen-bond donors (Lipinski definition) is 2. The van der Waals surface area contributed by atoms with Gasteiger partial charge in [-0.25, -0.2) is 13.9 Å². The van der Waals surface area contributed by atoms with Crippen LogP contribution in [0.15, 0.2) is 54.7 Å². The molecule has 0 aliphatic carbocycles. The van der Waals surface area contributed by atoms with E-state index in [9.17, 15) is 13.2 Å². The number of fused-ring (bicyclic) bond motifs is 1. The van der Waals surface area contributed by atoms with E-state index < -0.39 is 15.9 Å². The normalized spacial score (nSPS) is 11.6. The minimum absolute atomic E-state index is 0.147. The number of benzene rings is 2. The van der Waals surface area contributed by atoms with Crippen LogP contribution in [0.4, 0.5) is 5.69 Å². The number of rotatable bonds is 8. The zero-order valence-corrected chi connectivity index (χ0v) is 17.3. The summed E-state index contributed by atoms with van der Waals surface area (Å²) in [6, 6.07) is 15.7. The number of nitrogens with one attached hydrogen (secondary N) is 1. The van der Waals surface area contributed by atoms with Gasteiger partial charge in [0.15, 0.2) is 0 Å². The predicted molar refractivity (Wildman–Crippen MR) is 114 cm³/mol. The highest BCUT2D eigenvalue weighted by Crippen LogP contribution is 2.27. The summed E-state index contributed by atoms with van der Waals surface area (Å²) in [6.07, 6.45) is 4.32. The number of nitrogens with zero attached hydrogens (tertiary/aromatic N) is 2. The molecular formula is C21H25N3O4S. The first-order chi connectivity index (χ1) is 13.8. The molecule has 29 heavy (non-hydrogen) atoms. The van der Waals surface area contributed by atoms with Crippen LogP contribution < -0.4 is 9.79 Å². The molecule has 0 unspecified atom stereocenters. The molecule has 7 nitrogen and oxygen atoms in total. The van der Waals surface area contributed by atoms with Gasteiger partial charge in [-0.1, -0.05) is 24.3 Å². The Morgan fingerprint density at radius 3 is 2.41 bits per heavy atom. The molecule has 1 aromatic heterocycles. The second-order valence-electron chi connectivity index (χ2n) is 7.07. The van der Waals surface area contributed by atoms with Gasteiger partial charge in [-0.2, -0.15) is 0 Å². The lowest BCUT2D eigenvalue weighted by atomic mass is 10.0. The SMILES string of the molecule is Cn1ccc2ccc(-c3ccc(N(CCCCC(=O)NO)S(C)(=O)=O)cc3)cc21. The number of carbonyl (C=O) groups is 1. The fourth-order valence-corrected chi connectivity index (χ4v) is 4.31. The Kier molecular flexibility index (Phi) is 6.24. The van der Waals surface area contributed by atoms with Gasteiger partial charge in [0, 0.05) is 31.7 Å². The van der Waals surface area contributed by atoms with Crippen LogP contribution in [-0.4, -0.2) is 36.9 Å². The van der Waals surface area contributed by atoms with E-state index in [2.05, 4.69) is 28.8 Å². The molecule has 1 amide bonds. The topological polar surface area (TPSA) is 91.6 Å². The molecule has 0 saturated carbocycles. The summed E-state index contributed by atoms with van der Waals surface area (Å²) in [6.45, 7) is 0.270. The lowest BCUT2D eigenvalue weighted by molar-refractivity contribution is -0.129. The Bertz CT molecular complexity index is 1100. The third kappa shape index (κ3) is 4.96. The molecule has 0 aliphatic heterocycles.